The van der Waals surface area contributed by atoms with Gasteiger partial charge >= 0.3 is 0 Å². The Morgan fingerprint density at radius 2 is 1.97 bits per heavy atom. The number of aliphatic imine (C=N–C) groups is 1. The van der Waals surface area contributed by atoms with Gasteiger partial charge in [-0.3, -0.25) is 4.68 Å². The van der Waals surface area contributed by atoms with Gasteiger partial charge in [0.25, 0.3) is 0 Å². The van der Waals surface area contributed by atoms with E-state index in [0.29, 0.717) is 19.7 Å². The third kappa shape index (κ3) is 6.78. The second-order valence-corrected chi connectivity index (χ2v) is 7.14. The summed E-state index contributed by atoms with van der Waals surface area (Å²) in [7, 11) is 1.70. The SMILES string of the molecule is CCNC(=NCc1c(C)nn(CCOC)c1C)NCC(C)Oc1ccccc1C. The monoisotopic (exact) mass is 401 g/mol. The number of hydrogen-bond donors (Lipinski definition) is 2. The molecule has 0 saturated carbocycles. The van der Waals surface area contributed by atoms with Crippen LogP contribution in [0.15, 0.2) is 29.3 Å². The summed E-state index contributed by atoms with van der Waals surface area (Å²) in [5.41, 5.74) is 4.43. The van der Waals surface area contributed by atoms with Crippen molar-refractivity contribution in [2.24, 2.45) is 4.99 Å². The fraction of sp³-hybridized carbons (Fsp3) is 0.545. The Kier molecular flexibility index (Phi) is 8.99. The molecule has 1 aromatic carbocycles. The van der Waals surface area contributed by atoms with Crippen molar-refractivity contribution < 1.29 is 9.47 Å². The van der Waals surface area contributed by atoms with Crippen molar-refractivity contribution in [3.63, 3.8) is 0 Å². The normalized spacial score (nSPS) is 12.7. The maximum absolute atomic E-state index is 6.05. The van der Waals surface area contributed by atoms with Crippen LogP contribution in [-0.4, -0.2) is 48.7 Å². The fourth-order valence-corrected chi connectivity index (χ4v) is 3.05. The molecule has 1 atom stereocenters. The van der Waals surface area contributed by atoms with E-state index in [2.05, 4.69) is 49.5 Å². The number of para-hydroxylation sites is 1. The van der Waals surface area contributed by atoms with Gasteiger partial charge in [0.1, 0.15) is 11.9 Å². The van der Waals surface area contributed by atoms with Crippen LogP contribution in [-0.2, 0) is 17.8 Å². The number of aryl methyl sites for hydroxylation is 2. The summed E-state index contributed by atoms with van der Waals surface area (Å²) in [6.07, 6.45) is 0.0141. The largest absolute Gasteiger partial charge is 0.489 e. The molecule has 29 heavy (non-hydrogen) atoms. The molecular formula is C22H35N5O2. The Balaban J connectivity index is 1.97. The Morgan fingerprint density at radius 1 is 1.21 bits per heavy atom. The number of rotatable bonds is 10. The lowest BCUT2D eigenvalue weighted by atomic mass is 10.2. The predicted octanol–water partition coefficient (Wildman–Crippen LogP) is 2.98. The molecule has 160 valence electrons. The van der Waals surface area contributed by atoms with Gasteiger partial charge in [-0.15, -0.1) is 0 Å². The number of ether oxygens (including phenoxy) is 2. The number of benzene rings is 1. The Bertz CT molecular complexity index is 800. The zero-order valence-corrected chi connectivity index (χ0v) is 18.6. The number of nitrogens with one attached hydrogen (secondary N) is 2. The fourth-order valence-electron chi connectivity index (χ4n) is 3.05. The smallest absolute Gasteiger partial charge is 0.191 e. The maximum atomic E-state index is 6.05. The predicted molar refractivity (Wildman–Crippen MR) is 118 cm³/mol. The minimum absolute atomic E-state index is 0.0141. The molecule has 0 saturated heterocycles. The van der Waals surface area contributed by atoms with E-state index in [1.165, 1.54) is 0 Å². The zero-order chi connectivity index (χ0) is 21.2. The summed E-state index contributed by atoms with van der Waals surface area (Å²) < 4.78 is 13.2. The Hall–Kier alpha value is -2.54. The van der Waals surface area contributed by atoms with Gasteiger partial charge in [-0.1, -0.05) is 18.2 Å². The molecule has 7 heteroatoms. The molecule has 2 rings (SSSR count). The van der Waals surface area contributed by atoms with Gasteiger partial charge in [0, 0.05) is 24.9 Å². The lowest BCUT2D eigenvalue weighted by Crippen LogP contribution is -2.41. The first kappa shape index (κ1) is 22.7. The second kappa shape index (κ2) is 11.5. The molecule has 0 fully saturated rings. The molecular weight excluding hydrogens is 366 g/mol. The van der Waals surface area contributed by atoms with Crippen LogP contribution in [0.2, 0.25) is 0 Å². The highest BCUT2D eigenvalue weighted by Gasteiger charge is 2.12. The molecule has 1 aromatic heterocycles. The van der Waals surface area contributed by atoms with Gasteiger partial charge in [0.05, 0.1) is 31.9 Å². The van der Waals surface area contributed by atoms with Crippen LogP contribution in [0.3, 0.4) is 0 Å². The highest BCUT2D eigenvalue weighted by atomic mass is 16.5. The van der Waals surface area contributed by atoms with Crippen molar-refractivity contribution in [1.29, 1.82) is 0 Å². The third-order valence-corrected chi connectivity index (χ3v) is 4.76. The minimum atomic E-state index is 0.0141. The summed E-state index contributed by atoms with van der Waals surface area (Å²) in [4.78, 5) is 4.75. The first-order valence-electron chi connectivity index (χ1n) is 10.2. The second-order valence-electron chi connectivity index (χ2n) is 7.14. The summed E-state index contributed by atoms with van der Waals surface area (Å²) in [6, 6.07) is 8.06. The van der Waals surface area contributed by atoms with Crippen LogP contribution in [0.1, 0.15) is 36.4 Å². The highest BCUT2D eigenvalue weighted by Crippen LogP contribution is 2.17. The molecule has 2 aromatic rings. The lowest BCUT2D eigenvalue weighted by Gasteiger charge is -2.18. The molecule has 0 aliphatic carbocycles. The summed E-state index contributed by atoms with van der Waals surface area (Å²) in [5, 5.41) is 11.3. The quantitative estimate of drug-likeness (QED) is 0.473. The van der Waals surface area contributed by atoms with Gasteiger partial charge in [0.2, 0.25) is 0 Å². The molecule has 0 bridgehead atoms. The number of hydrogen-bond acceptors (Lipinski definition) is 4. The molecule has 0 radical (unpaired) electrons. The van der Waals surface area contributed by atoms with Crippen LogP contribution in [0, 0.1) is 20.8 Å². The average Bonchev–Trinajstić information content (AvgIpc) is 2.97. The number of aromatic nitrogens is 2. The number of methoxy groups -OCH3 is 1. The zero-order valence-electron chi connectivity index (χ0n) is 18.6. The van der Waals surface area contributed by atoms with E-state index in [1.807, 2.05) is 29.8 Å². The first-order chi connectivity index (χ1) is 14.0. The molecule has 0 amide bonds. The summed E-state index contributed by atoms with van der Waals surface area (Å²) in [6.45, 7) is 13.7. The van der Waals surface area contributed by atoms with Gasteiger partial charge in [-0.2, -0.15) is 5.10 Å². The van der Waals surface area contributed by atoms with Crippen LogP contribution in [0.25, 0.3) is 0 Å². The van der Waals surface area contributed by atoms with Crippen LogP contribution in [0.5, 0.6) is 5.75 Å². The molecule has 0 aliphatic rings. The van der Waals surface area contributed by atoms with E-state index in [0.717, 1.165) is 47.3 Å². The van der Waals surface area contributed by atoms with Gasteiger partial charge in [-0.05, 0) is 46.2 Å². The van der Waals surface area contributed by atoms with E-state index in [-0.39, 0.29) is 6.10 Å². The topological polar surface area (TPSA) is 72.7 Å². The third-order valence-electron chi connectivity index (χ3n) is 4.76. The van der Waals surface area contributed by atoms with Crippen molar-refractivity contribution in [1.82, 2.24) is 20.4 Å². The molecule has 0 spiro atoms. The average molecular weight is 402 g/mol. The van der Waals surface area contributed by atoms with E-state index in [1.54, 1.807) is 7.11 Å². The van der Waals surface area contributed by atoms with E-state index >= 15 is 0 Å². The number of nitrogens with zero attached hydrogens (tertiary/aromatic N) is 3. The van der Waals surface area contributed by atoms with Crippen molar-refractivity contribution >= 4 is 5.96 Å². The van der Waals surface area contributed by atoms with Crippen LogP contribution >= 0.6 is 0 Å². The Labute approximate surface area is 174 Å². The summed E-state index contributed by atoms with van der Waals surface area (Å²) in [5.74, 6) is 1.69. The van der Waals surface area contributed by atoms with Gasteiger partial charge in [0.15, 0.2) is 5.96 Å². The lowest BCUT2D eigenvalue weighted by molar-refractivity contribution is 0.182. The van der Waals surface area contributed by atoms with Crippen molar-refractivity contribution in [2.75, 3.05) is 26.8 Å². The van der Waals surface area contributed by atoms with Crippen LogP contribution in [0.4, 0.5) is 0 Å². The van der Waals surface area contributed by atoms with E-state index < -0.39 is 0 Å². The molecule has 7 nitrogen and oxygen atoms in total. The highest BCUT2D eigenvalue weighted by molar-refractivity contribution is 5.79. The van der Waals surface area contributed by atoms with Crippen molar-refractivity contribution in [2.45, 2.75) is 53.8 Å². The van der Waals surface area contributed by atoms with Gasteiger partial charge in [-0.25, -0.2) is 4.99 Å². The standard InChI is InChI=1S/C22H35N5O2/c1-7-23-22(24-14-17(3)29-21-11-9-8-10-16(21)2)25-15-20-18(4)26-27(19(20)5)12-13-28-6/h8-11,17H,7,12-15H2,1-6H3,(H2,23,24,25). The molecule has 1 unspecified atom stereocenters. The summed E-state index contributed by atoms with van der Waals surface area (Å²) >= 11 is 0. The minimum Gasteiger partial charge on any atom is -0.489 e. The molecule has 0 aliphatic heterocycles. The van der Waals surface area contributed by atoms with Gasteiger partial charge < -0.3 is 20.1 Å². The van der Waals surface area contributed by atoms with Crippen molar-refractivity contribution in [3.8, 4) is 5.75 Å². The number of guanidine groups is 1. The molecule has 1 heterocycles. The first-order valence-corrected chi connectivity index (χ1v) is 10.2. The maximum Gasteiger partial charge on any atom is 0.191 e. The van der Waals surface area contributed by atoms with E-state index in [4.69, 9.17) is 14.5 Å². The van der Waals surface area contributed by atoms with Crippen LogP contribution < -0.4 is 15.4 Å². The molecule has 2 N–H and O–H groups in total. The van der Waals surface area contributed by atoms with Crippen molar-refractivity contribution in [3.05, 3.63) is 46.8 Å². The Morgan fingerprint density at radius 3 is 2.66 bits per heavy atom. The van der Waals surface area contributed by atoms with E-state index in [9.17, 15) is 0 Å².